The summed E-state index contributed by atoms with van der Waals surface area (Å²) in [7, 11) is 1.33. The maximum atomic E-state index is 12.2. The van der Waals surface area contributed by atoms with Gasteiger partial charge < -0.3 is 10.1 Å². The molecule has 1 aromatic heterocycles. The van der Waals surface area contributed by atoms with Gasteiger partial charge in [-0.25, -0.2) is 4.98 Å². The van der Waals surface area contributed by atoms with Crippen molar-refractivity contribution in [2.24, 2.45) is 0 Å². The van der Waals surface area contributed by atoms with Crippen LogP contribution in [-0.4, -0.2) is 33.8 Å². The standard InChI is InChI=1S/C16H19BrN4O3/c1-24-16(23)9-14(12-4-6-13(17)7-5-12)20-15(22)3-2-8-21-11-18-10-19-21/h4-7,10-11,14H,2-3,8-9H2,1H3,(H,20,22)/t14-/m0/s1. The van der Waals surface area contributed by atoms with Gasteiger partial charge in [0.15, 0.2) is 0 Å². The second-order valence-corrected chi connectivity index (χ2v) is 6.13. The molecule has 8 heteroatoms. The number of nitrogens with one attached hydrogen (secondary N) is 1. The molecule has 0 spiro atoms. The number of hydrogen-bond donors (Lipinski definition) is 1. The lowest BCUT2D eigenvalue weighted by molar-refractivity contribution is -0.141. The summed E-state index contributed by atoms with van der Waals surface area (Å²) in [6, 6.07) is 7.07. The molecule has 0 aliphatic rings. The molecule has 2 aromatic rings. The molecule has 0 saturated carbocycles. The Kier molecular flexibility index (Phi) is 6.92. The second kappa shape index (κ2) is 9.17. The van der Waals surface area contributed by atoms with E-state index in [0.717, 1.165) is 10.0 Å². The van der Waals surface area contributed by atoms with Crippen LogP contribution in [-0.2, 0) is 20.9 Å². The Bertz CT molecular complexity index is 658. The highest BCUT2D eigenvalue weighted by Crippen LogP contribution is 2.20. The number of aromatic nitrogens is 3. The van der Waals surface area contributed by atoms with Crippen molar-refractivity contribution >= 4 is 27.8 Å². The van der Waals surface area contributed by atoms with Gasteiger partial charge in [0, 0.05) is 17.4 Å². The molecule has 1 heterocycles. The van der Waals surface area contributed by atoms with E-state index >= 15 is 0 Å². The third kappa shape index (κ3) is 5.77. The molecule has 128 valence electrons. The smallest absolute Gasteiger partial charge is 0.307 e. The van der Waals surface area contributed by atoms with Gasteiger partial charge in [-0.05, 0) is 24.1 Å². The van der Waals surface area contributed by atoms with E-state index in [-0.39, 0.29) is 18.3 Å². The number of carbonyl (C=O) groups is 2. The lowest BCUT2D eigenvalue weighted by Crippen LogP contribution is -2.30. The molecule has 0 fully saturated rings. The van der Waals surface area contributed by atoms with E-state index in [2.05, 4.69) is 31.3 Å². The predicted octanol–water partition coefficient (Wildman–Crippen LogP) is 2.24. The predicted molar refractivity (Wildman–Crippen MR) is 90.9 cm³/mol. The monoisotopic (exact) mass is 394 g/mol. The fourth-order valence-corrected chi connectivity index (χ4v) is 2.48. The topological polar surface area (TPSA) is 86.1 Å². The van der Waals surface area contributed by atoms with Crippen LogP contribution in [0.2, 0.25) is 0 Å². The fourth-order valence-electron chi connectivity index (χ4n) is 2.21. The first-order valence-electron chi connectivity index (χ1n) is 7.52. The average Bonchev–Trinajstić information content (AvgIpc) is 3.08. The van der Waals surface area contributed by atoms with Crippen LogP contribution in [0.25, 0.3) is 0 Å². The number of halogens is 1. The SMILES string of the molecule is COC(=O)C[C@H](NC(=O)CCCn1cncn1)c1ccc(Br)cc1. The summed E-state index contributed by atoms with van der Waals surface area (Å²) in [6.45, 7) is 0.618. The van der Waals surface area contributed by atoms with Crippen molar-refractivity contribution in [1.82, 2.24) is 20.1 Å². The zero-order valence-electron chi connectivity index (χ0n) is 13.3. The molecule has 0 unspecified atom stereocenters. The quantitative estimate of drug-likeness (QED) is 0.693. The molecule has 0 aliphatic carbocycles. The van der Waals surface area contributed by atoms with Crippen LogP contribution in [0.5, 0.6) is 0 Å². The summed E-state index contributed by atoms with van der Waals surface area (Å²) < 4.78 is 7.33. The molecule has 7 nitrogen and oxygen atoms in total. The number of hydrogen-bond acceptors (Lipinski definition) is 5. The zero-order valence-corrected chi connectivity index (χ0v) is 14.9. The summed E-state index contributed by atoms with van der Waals surface area (Å²) >= 11 is 3.37. The fraction of sp³-hybridized carbons (Fsp3) is 0.375. The van der Waals surface area contributed by atoms with Gasteiger partial charge in [-0.15, -0.1) is 0 Å². The van der Waals surface area contributed by atoms with E-state index in [9.17, 15) is 9.59 Å². The number of ether oxygens (including phenoxy) is 1. The number of esters is 1. The molecule has 1 aromatic carbocycles. The van der Waals surface area contributed by atoms with Crippen molar-refractivity contribution in [2.45, 2.75) is 31.8 Å². The molecule has 0 saturated heterocycles. The molecule has 0 radical (unpaired) electrons. The van der Waals surface area contributed by atoms with Crippen LogP contribution < -0.4 is 5.32 Å². The highest BCUT2D eigenvalue weighted by Gasteiger charge is 2.18. The van der Waals surface area contributed by atoms with Gasteiger partial charge in [0.05, 0.1) is 19.6 Å². The third-order valence-electron chi connectivity index (χ3n) is 3.46. The average molecular weight is 395 g/mol. The minimum Gasteiger partial charge on any atom is -0.469 e. The number of aryl methyl sites for hydroxylation is 1. The minimum atomic E-state index is -0.413. The molecule has 1 amide bonds. The van der Waals surface area contributed by atoms with Gasteiger partial charge in [0.2, 0.25) is 5.91 Å². The van der Waals surface area contributed by atoms with E-state index in [0.29, 0.717) is 19.4 Å². The summed E-state index contributed by atoms with van der Waals surface area (Å²) in [5.41, 5.74) is 0.855. The number of nitrogens with zero attached hydrogens (tertiary/aromatic N) is 3. The Morgan fingerprint density at radius 2 is 2.08 bits per heavy atom. The van der Waals surface area contributed by atoms with E-state index in [1.54, 1.807) is 11.0 Å². The van der Waals surface area contributed by atoms with Crippen LogP contribution in [0.1, 0.15) is 30.9 Å². The lowest BCUT2D eigenvalue weighted by atomic mass is 10.0. The summed E-state index contributed by atoms with van der Waals surface area (Å²) in [5.74, 6) is -0.488. The third-order valence-corrected chi connectivity index (χ3v) is 3.99. The van der Waals surface area contributed by atoms with Crippen molar-refractivity contribution in [1.29, 1.82) is 0 Å². The number of methoxy groups -OCH3 is 1. The van der Waals surface area contributed by atoms with Gasteiger partial charge >= 0.3 is 5.97 Å². The van der Waals surface area contributed by atoms with E-state index < -0.39 is 6.04 Å². The van der Waals surface area contributed by atoms with Gasteiger partial charge in [0.1, 0.15) is 12.7 Å². The molecular formula is C16H19BrN4O3. The van der Waals surface area contributed by atoms with Crippen LogP contribution >= 0.6 is 15.9 Å². The first kappa shape index (κ1) is 18.1. The molecule has 2 rings (SSSR count). The largest absolute Gasteiger partial charge is 0.469 e. The molecule has 1 atom stereocenters. The molecule has 0 bridgehead atoms. The highest BCUT2D eigenvalue weighted by molar-refractivity contribution is 9.10. The Hall–Kier alpha value is -2.22. The van der Waals surface area contributed by atoms with Gasteiger partial charge in [-0.1, -0.05) is 28.1 Å². The zero-order chi connectivity index (χ0) is 17.4. The number of benzene rings is 1. The van der Waals surface area contributed by atoms with Crippen LogP contribution in [0.15, 0.2) is 41.4 Å². The normalized spacial score (nSPS) is 11.8. The Labute approximate surface area is 148 Å². The van der Waals surface area contributed by atoms with Gasteiger partial charge in [-0.2, -0.15) is 5.10 Å². The second-order valence-electron chi connectivity index (χ2n) is 5.21. The number of carbonyl (C=O) groups excluding carboxylic acids is 2. The van der Waals surface area contributed by atoms with Crippen molar-refractivity contribution in [3.05, 3.63) is 47.0 Å². The maximum Gasteiger partial charge on any atom is 0.307 e. The minimum absolute atomic E-state index is 0.0902. The number of rotatable bonds is 8. The molecule has 0 aliphatic heterocycles. The first-order valence-corrected chi connectivity index (χ1v) is 8.32. The molecule has 1 N–H and O–H groups in total. The molecular weight excluding hydrogens is 376 g/mol. The lowest BCUT2D eigenvalue weighted by Gasteiger charge is -2.18. The van der Waals surface area contributed by atoms with Gasteiger partial charge in [-0.3, -0.25) is 14.3 Å². The van der Waals surface area contributed by atoms with Crippen LogP contribution in [0.3, 0.4) is 0 Å². The Morgan fingerprint density at radius 1 is 1.33 bits per heavy atom. The van der Waals surface area contributed by atoms with Crippen LogP contribution in [0.4, 0.5) is 0 Å². The Morgan fingerprint density at radius 3 is 2.71 bits per heavy atom. The van der Waals surface area contributed by atoms with Crippen molar-refractivity contribution in [3.63, 3.8) is 0 Å². The van der Waals surface area contributed by atoms with Crippen LogP contribution in [0, 0.1) is 0 Å². The maximum absolute atomic E-state index is 12.2. The number of amides is 1. The van der Waals surface area contributed by atoms with Crippen molar-refractivity contribution in [3.8, 4) is 0 Å². The van der Waals surface area contributed by atoms with Crippen molar-refractivity contribution in [2.75, 3.05) is 7.11 Å². The molecule has 24 heavy (non-hydrogen) atoms. The Balaban J connectivity index is 1.92. The van der Waals surface area contributed by atoms with E-state index in [1.807, 2.05) is 24.3 Å². The van der Waals surface area contributed by atoms with Crippen molar-refractivity contribution < 1.29 is 14.3 Å². The van der Waals surface area contributed by atoms with E-state index in [1.165, 1.54) is 13.4 Å². The first-order chi connectivity index (χ1) is 11.6. The summed E-state index contributed by atoms with van der Waals surface area (Å²) in [5, 5.41) is 6.89. The van der Waals surface area contributed by atoms with E-state index in [4.69, 9.17) is 4.74 Å². The highest BCUT2D eigenvalue weighted by atomic mass is 79.9. The summed E-state index contributed by atoms with van der Waals surface area (Å²) in [6.07, 6.45) is 4.14. The van der Waals surface area contributed by atoms with Gasteiger partial charge in [0.25, 0.3) is 0 Å². The summed E-state index contributed by atoms with van der Waals surface area (Å²) in [4.78, 5) is 27.6.